The van der Waals surface area contributed by atoms with E-state index in [0.29, 0.717) is 12.1 Å². The van der Waals surface area contributed by atoms with Crippen molar-refractivity contribution in [3.05, 3.63) is 60.2 Å². The highest BCUT2D eigenvalue weighted by Gasteiger charge is 2.16. The summed E-state index contributed by atoms with van der Waals surface area (Å²) in [5.74, 6) is -0.116. The Balaban J connectivity index is 2.00. The number of hydrogen-bond donors (Lipinski definition) is 2. The number of benzene rings is 2. The van der Waals surface area contributed by atoms with E-state index in [9.17, 15) is 9.59 Å². The molecule has 0 aliphatic carbocycles. The summed E-state index contributed by atoms with van der Waals surface area (Å²) >= 11 is 0. The molecule has 5 nitrogen and oxygen atoms in total. The largest absolute Gasteiger partial charge is 0.376 e. The Morgan fingerprint density at radius 3 is 2.12 bits per heavy atom. The molecule has 0 aliphatic rings. The van der Waals surface area contributed by atoms with E-state index >= 15 is 0 Å². The number of hydrogen-bond acceptors (Lipinski definition) is 3. The maximum absolute atomic E-state index is 12.8. The van der Waals surface area contributed by atoms with Crippen molar-refractivity contribution >= 4 is 23.2 Å². The van der Waals surface area contributed by atoms with E-state index in [1.54, 1.807) is 17.0 Å². The lowest BCUT2D eigenvalue weighted by Gasteiger charge is -2.21. The third kappa shape index (κ3) is 5.62. The molecule has 138 valence electrons. The van der Waals surface area contributed by atoms with E-state index in [2.05, 4.69) is 10.6 Å². The second-order valence-corrected chi connectivity index (χ2v) is 7.11. The van der Waals surface area contributed by atoms with Crippen LogP contribution in [-0.2, 0) is 4.79 Å². The van der Waals surface area contributed by atoms with Gasteiger partial charge in [0.1, 0.15) is 0 Å². The molecule has 2 aromatic rings. The first kappa shape index (κ1) is 19.5. The average Bonchev–Trinajstić information content (AvgIpc) is 2.60. The van der Waals surface area contributed by atoms with Crippen LogP contribution >= 0.6 is 0 Å². The van der Waals surface area contributed by atoms with Gasteiger partial charge in [-0.15, -0.1) is 0 Å². The number of carbonyl (C=O) groups excluding carboxylic acids is 2. The molecule has 0 fully saturated rings. The highest BCUT2D eigenvalue weighted by Crippen LogP contribution is 2.18. The van der Waals surface area contributed by atoms with Crippen LogP contribution < -0.4 is 15.5 Å². The lowest BCUT2D eigenvalue weighted by Crippen LogP contribution is -2.43. The predicted octanol–water partition coefficient (Wildman–Crippen LogP) is 3.68. The van der Waals surface area contributed by atoms with E-state index in [1.807, 2.05) is 70.2 Å². The molecule has 2 rings (SSSR count). The standard InChI is InChI=1S/C21H27N3O2/c1-5-24(18-9-7-6-8-10-18)20(26)16-11-13-17(14-12-16)22-15-19(25)23-21(2,3)4/h6-14,22H,5,15H2,1-4H3,(H,23,25). The number of nitrogens with zero attached hydrogens (tertiary/aromatic N) is 1. The molecule has 0 unspecified atom stereocenters. The first-order valence-corrected chi connectivity index (χ1v) is 8.82. The summed E-state index contributed by atoms with van der Waals surface area (Å²) in [5, 5.41) is 5.97. The van der Waals surface area contributed by atoms with E-state index < -0.39 is 0 Å². The van der Waals surface area contributed by atoms with Crippen LogP contribution in [0.25, 0.3) is 0 Å². The van der Waals surface area contributed by atoms with Gasteiger partial charge in [-0.05, 0) is 64.1 Å². The molecule has 2 N–H and O–H groups in total. The predicted molar refractivity (Wildman–Crippen MR) is 107 cm³/mol. The van der Waals surface area contributed by atoms with E-state index in [0.717, 1.165) is 11.4 Å². The van der Waals surface area contributed by atoms with Crippen LogP contribution in [-0.4, -0.2) is 30.4 Å². The van der Waals surface area contributed by atoms with Crippen LogP contribution in [0, 0.1) is 0 Å². The SMILES string of the molecule is CCN(C(=O)c1ccc(NCC(=O)NC(C)(C)C)cc1)c1ccccc1. The fourth-order valence-corrected chi connectivity index (χ4v) is 2.58. The molecule has 0 heterocycles. The number of anilines is 2. The van der Waals surface area contributed by atoms with Crippen LogP contribution in [0.2, 0.25) is 0 Å². The van der Waals surface area contributed by atoms with Gasteiger partial charge in [0.25, 0.3) is 5.91 Å². The fourth-order valence-electron chi connectivity index (χ4n) is 2.58. The highest BCUT2D eigenvalue weighted by atomic mass is 16.2. The van der Waals surface area contributed by atoms with Crippen LogP contribution in [0.1, 0.15) is 38.1 Å². The van der Waals surface area contributed by atoms with Crippen molar-refractivity contribution in [1.82, 2.24) is 5.32 Å². The lowest BCUT2D eigenvalue weighted by molar-refractivity contribution is -0.120. The zero-order valence-electron chi connectivity index (χ0n) is 15.9. The van der Waals surface area contributed by atoms with Gasteiger partial charge < -0.3 is 15.5 Å². The maximum atomic E-state index is 12.8. The highest BCUT2D eigenvalue weighted by molar-refractivity contribution is 6.06. The smallest absolute Gasteiger partial charge is 0.258 e. The first-order chi connectivity index (χ1) is 12.3. The Kier molecular flexibility index (Phi) is 6.39. The summed E-state index contributed by atoms with van der Waals surface area (Å²) in [5.41, 5.74) is 2.03. The third-order valence-corrected chi connectivity index (χ3v) is 3.73. The summed E-state index contributed by atoms with van der Waals surface area (Å²) in [6.45, 7) is 8.56. The molecule has 0 spiro atoms. The molecule has 0 saturated carbocycles. The van der Waals surface area contributed by atoms with Crippen LogP contribution in [0.15, 0.2) is 54.6 Å². The maximum Gasteiger partial charge on any atom is 0.258 e. The van der Waals surface area contributed by atoms with Gasteiger partial charge in [0.05, 0.1) is 6.54 Å². The topological polar surface area (TPSA) is 61.4 Å². The van der Waals surface area contributed by atoms with Gasteiger partial charge in [-0.2, -0.15) is 0 Å². The zero-order chi connectivity index (χ0) is 19.2. The van der Waals surface area contributed by atoms with Gasteiger partial charge in [0.2, 0.25) is 5.91 Å². The van der Waals surface area contributed by atoms with Crippen molar-refractivity contribution in [2.45, 2.75) is 33.2 Å². The van der Waals surface area contributed by atoms with Gasteiger partial charge in [-0.3, -0.25) is 9.59 Å². The Labute approximate surface area is 155 Å². The van der Waals surface area contributed by atoms with Crippen molar-refractivity contribution in [2.75, 3.05) is 23.3 Å². The number of rotatable bonds is 6. The number of para-hydroxylation sites is 1. The van der Waals surface area contributed by atoms with Gasteiger partial charge in [-0.25, -0.2) is 0 Å². The Hall–Kier alpha value is -2.82. The quantitative estimate of drug-likeness (QED) is 0.833. The van der Waals surface area contributed by atoms with Crippen LogP contribution in [0.4, 0.5) is 11.4 Å². The first-order valence-electron chi connectivity index (χ1n) is 8.82. The number of carbonyl (C=O) groups is 2. The second-order valence-electron chi connectivity index (χ2n) is 7.11. The normalized spacial score (nSPS) is 10.9. The van der Waals surface area contributed by atoms with Crippen LogP contribution in [0.3, 0.4) is 0 Å². The van der Waals surface area contributed by atoms with Crippen molar-refractivity contribution in [3.8, 4) is 0 Å². The molecule has 0 aliphatic heterocycles. The third-order valence-electron chi connectivity index (χ3n) is 3.73. The monoisotopic (exact) mass is 353 g/mol. The minimum absolute atomic E-state index is 0.0456. The molecule has 2 amide bonds. The molecule has 5 heteroatoms. The molecular formula is C21H27N3O2. The molecule has 2 aromatic carbocycles. The summed E-state index contributed by atoms with van der Waals surface area (Å²) in [4.78, 5) is 26.3. The molecule has 0 atom stereocenters. The van der Waals surface area contributed by atoms with Gasteiger partial charge in [0.15, 0.2) is 0 Å². The Bertz CT molecular complexity index is 734. The van der Waals surface area contributed by atoms with E-state index in [-0.39, 0.29) is 23.9 Å². The minimum atomic E-state index is -0.254. The molecule has 0 aromatic heterocycles. The van der Waals surface area contributed by atoms with Crippen molar-refractivity contribution in [1.29, 1.82) is 0 Å². The molecule has 0 saturated heterocycles. The average molecular weight is 353 g/mol. The summed E-state index contributed by atoms with van der Waals surface area (Å²) in [6, 6.07) is 16.8. The van der Waals surface area contributed by atoms with Gasteiger partial charge in [0, 0.05) is 29.0 Å². The summed E-state index contributed by atoms with van der Waals surface area (Å²) < 4.78 is 0. The molecule has 0 bridgehead atoms. The molecular weight excluding hydrogens is 326 g/mol. The zero-order valence-corrected chi connectivity index (χ0v) is 15.9. The summed E-state index contributed by atoms with van der Waals surface area (Å²) in [6.07, 6.45) is 0. The van der Waals surface area contributed by atoms with E-state index in [1.165, 1.54) is 0 Å². The second kappa shape index (κ2) is 8.52. The number of amides is 2. The Morgan fingerprint density at radius 1 is 0.962 bits per heavy atom. The minimum Gasteiger partial charge on any atom is -0.376 e. The lowest BCUT2D eigenvalue weighted by atomic mass is 10.1. The van der Waals surface area contributed by atoms with Crippen molar-refractivity contribution in [2.24, 2.45) is 0 Å². The van der Waals surface area contributed by atoms with Gasteiger partial charge in [-0.1, -0.05) is 18.2 Å². The molecule has 0 radical (unpaired) electrons. The molecule has 26 heavy (non-hydrogen) atoms. The van der Waals surface area contributed by atoms with Crippen molar-refractivity contribution in [3.63, 3.8) is 0 Å². The number of nitrogens with one attached hydrogen (secondary N) is 2. The fraction of sp³-hybridized carbons (Fsp3) is 0.333. The van der Waals surface area contributed by atoms with Crippen LogP contribution in [0.5, 0.6) is 0 Å². The Morgan fingerprint density at radius 2 is 1.58 bits per heavy atom. The summed E-state index contributed by atoms with van der Waals surface area (Å²) in [7, 11) is 0. The van der Waals surface area contributed by atoms with E-state index in [4.69, 9.17) is 0 Å². The van der Waals surface area contributed by atoms with Crippen molar-refractivity contribution < 1.29 is 9.59 Å². The van der Waals surface area contributed by atoms with Gasteiger partial charge >= 0.3 is 0 Å².